The second kappa shape index (κ2) is 12.4. The van der Waals surface area contributed by atoms with Gasteiger partial charge in [-0.2, -0.15) is 0 Å². The highest BCUT2D eigenvalue weighted by Gasteiger charge is 2.07. The molecule has 28 heavy (non-hydrogen) atoms. The van der Waals surface area contributed by atoms with E-state index in [9.17, 15) is 4.79 Å². The quantitative estimate of drug-likeness (QED) is 0.230. The van der Waals surface area contributed by atoms with Crippen LogP contribution in [0.25, 0.3) is 0 Å². The molecule has 0 atom stereocenters. The number of halogens is 1. The highest BCUT2D eigenvalue weighted by Crippen LogP contribution is 2.17. The van der Waals surface area contributed by atoms with Crippen molar-refractivity contribution in [3.8, 4) is 12.3 Å². The van der Waals surface area contributed by atoms with Crippen molar-refractivity contribution in [1.29, 1.82) is 0 Å². The number of benzene rings is 1. The molecule has 0 radical (unpaired) electrons. The zero-order chi connectivity index (χ0) is 19.6. The highest BCUT2D eigenvalue weighted by atomic mass is 127. The Morgan fingerprint density at radius 1 is 1.36 bits per heavy atom. The van der Waals surface area contributed by atoms with Crippen molar-refractivity contribution in [2.24, 2.45) is 4.99 Å². The average molecular weight is 511 g/mol. The first-order valence-electron chi connectivity index (χ1n) is 8.84. The van der Waals surface area contributed by atoms with E-state index >= 15 is 0 Å². The number of aromatic nitrogens is 1. The minimum atomic E-state index is -0.210. The lowest BCUT2D eigenvalue weighted by atomic mass is 10.2. The molecule has 2 aromatic rings. The molecule has 0 aliphatic heterocycles. The topological polar surface area (TPSA) is 78.4 Å². The number of guanidine groups is 1. The van der Waals surface area contributed by atoms with Crippen LogP contribution in [0.15, 0.2) is 34.6 Å². The molecule has 1 aromatic heterocycles. The Labute approximate surface area is 187 Å². The summed E-state index contributed by atoms with van der Waals surface area (Å²) in [4.78, 5) is 21.1. The van der Waals surface area contributed by atoms with Gasteiger partial charge in [0.05, 0.1) is 12.2 Å². The lowest BCUT2D eigenvalue weighted by Gasteiger charge is -2.10. The van der Waals surface area contributed by atoms with Crippen molar-refractivity contribution in [2.75, 3.05) is 18.4 Å². The molecular formula is C20H26IN5OS. The second-order valence-electron chi connectivity index (χ2n) is 6.14. The van der Waals surface area contributed by atoms with E-state index in [2.05, 4.69) is 51.1 Å². The molecule has 0 unspecified atom stereocenters. The van der Waals surface area contributed by atoms with E-state index in [-0.39, 0.29) is 36.4 Å². The molecule has 2 rings (SSSR count). The third-order valence-electron chi connectivity index (χ3n) is 3.61. The monoisotopic (exact) mass is 511 g/mol. The van der Waals surface area contributed by atoms with Gasteiger partial charge in [-0.25, -0.2) is 9.98 Å². The molecule has 0 bridgehead atoms. The Morgan fingerprint density at radius 3 is 2.79 bits per heavy atom. The summed E-state index contributed by atoms with van der Waals surface area (Å²) in [6.45, 7) is 7.49. The summed E-state index contributed by atoms with van der Waals surface area (Å²) in [5.41, 5.74) is 2.47. The Morgan fingerprint density at radius 2 is 2.14 bits per heavy atom. The van der Waals surface area contributed by atoms with Gasteiger partial charge in [0.2, 0.25) is 5.91 Å². The van der Waals surface area contributed by atoms with Gasteiger partial charge in [-0.3, -0.25) is 4.79 Å². The third-order valence-corrected chi connectivity index (χ3v) is 4.47. The zero-order valence-electron chi connectivity index (χ0n) is 16.3. The Balaban J connectivity index is 0.00000392. The van der Waals surface area contributed by atoms with Crippen LogP contribution in [0, 0.1) is 12.3 Å². The lowest BCUT2D eigenvalue weighted by molar-refractivity contribution is -0.114. The van der Waals surface area contributed by atoms with Gasteiger partial charge in [0, 0.05) is 23.2 Å². The first-order valence-corrected chi connectivity index (χ1v) is 9.72. The van der Waals surface area contributed by atoms with Crippen LogP contribution in [-0.4, -0.2) is 29.9 Å². The fourth-order valence-corrected chi connectivity index (χ4v) is 3.11. The number of carbonyl (C=O) groups is 1. The largest absolute Gasteiger partial charge is 0.357 e. The fourth-order valence-electron chi connectivity index (χ4n) is 2.21. The van der Waals surface area contributed by atoms with E-state index in [0.717, 1.165) is 16.3 Å². The van der Waals surface area contributed by atoms with Crippen LogP contribution < -0.4 is 16.0 Å². The van der Waals surface area contributed by atoms with Gasteiger partial charge in [-0.05, 0) is 31.0 Å². The number of hydrogen-bond donors (Lipinski definition) is 3. The molecule has 0 spiro atoms. The number of nitrogens with zero attached hydrogens (tertiary/aromatic N) is 2. The van der Waals surface area contributed by atoms with E-state index in [1.54, 1.807) is 29.5 Å². The van der Waals surface area contributed by atoms with Gasteiger partial charge in [-0.1, -0.05) is 25.8 Å². The van der Waals surface area contributed by atoms with Gasteiger partial charge in [0.1, 0.15) is 11.6 Å². The maximum absolute atomic E-state index is 12.1. The maximum atomic E-state index is 12.1. The summed E-state index contributed by atoms with van der Waals surface area (Å²) >= 11 is 1.62. The molecule has 0 saturated heterocycles. The predicted octanol–water partition coefficient (Wildman–Crippen LogP) is 3.56. The summed E-state index contributed by atoms with van der Waals surface area (Å²) in [7, 11) is 0. The molecule has 1 heterocycles. The van der Waals surface area contributed by atoms with Crippen molar-refractivity contribution in [3.63, 3.8) is 0 Å². The Kier molecular flexibility index (Phi) is 10.6. The molecule has 1 amide bonds. The van der Waals surface area contributed by atoms with Crippen LogP contribution in [0.5, 0.6) is 0 Å². The number of nitrogens with one attached hydrogen (secondary N) is 3. The molecule has 0 aliphatic carbocycles. The maximum Gasteiger partial charge on any atom is 0.246 e. The van der Waals surface area contributed by atoms with E-state index in [4.69, 9.17) is 6.42 Å². The van der Waals surface area contributed by atoms with Crippen LogP contribution in [0.4, 0.5) is 5.69 Å². The van der Waals surface area contributed by atoms with E-state index in [0.29, 0.717) is 30.7 Å². The van der Waals surface area contributed by atoms with E-state index in [1.807, 2.05) is 13.0 Å². The van der Waals surface area contributed by atoms with E-state index < -0.39 is 0 Å². The predicted molar refractivity (Wildman–Crippen MR) is 127 cm³/mol. The normalized spacial score (nSPS) is 10.8. The first kappa shape index (κ1) is 23.9. The van der Waals surface area contributed by atoms with Crippen LogP contribution in [-0.2, 0) is 11.3 Å². The first-order chi connectivity index (χ1) is 13.0. The Bertz CT molecular complexity index is 841. The van der Waals surface area contributed by atoms with Crippen LogP contribution in [0.1, 0.15) is 43.0 Å². The van der Waals surface area contributed by atoms with Crippen molar-refractivity contribution in [1.82, 2.24) is 15.6 Å². The minimum absolute atomic E-state index is 0. The van der Waals surface area contributed by atoms with Gasteiger partial charge < -0.3 is 16.0 Å². The summed E-state index contributed by atoms with van der Waals surface area (Å²) < 4.78 is 0. The fraction of sp³-hybridized carbons (Fsp3) is 0.350. The molecule has 8 heteroatoms. The molecule has 3 N–H and O–H groups in total. The van der Waals surface area contributed by atoms with Crippen molar-refractivity contribution in [3.05, 3.63) is 45.9 Å². The smallest absolute Gasteiger partial charge is 0.246 e. The number of amides is 1. The van der Waals surface area contributed by atoms with Crippen LogP contribution >= 0.6 is 35.3 Å². The second-order valence-corrected chi connectivity index (χ2v) is 7.09. The number of rotatable bonds is 7. The van der Waals surface area contributed by atoms with Gasteiger partial charge >= 0.3 is 0 Å². The number of hydrogen-bond acceptors (Lipinski definition) is 4. The molecule has 1 aromatic carbocycles. The molecule has 150 valence electrons. The molecule has 6 nitrogen and oxygen atoms in total. The number of carbonyl (C=O) groups excluding carboxylic acids is 1. The molecular weight excluding hydrogens is 485 g/mol. The average Bonchev–Trinajstić information content (AvgIpc) is 3.13. The van der Waals surface area contributed by atoms with Crippen molar-refractivity contribution in [2.45, 2.75) is 33.2 Å². The van der Waals surface area contributed by atoms with Crippen molar-refractivity contribution >= 4 is 52.9 Å². The van der Waals surface area contributed by atoms with Gasteiger partial charge in [0.25, 0.3) is 0 Å². The van der Waals surface area contributed by atoms with E-state index in [1.165, 1.54) is 0 Å². The Hall–Kier alpha value is -2.12. The summed E-state index contributed by atoms with van der Waals surface area (Å²) in [6.07, 6.45) is 5.38. The molecule has 0 aliphatic rings. The highest BCUT2D eigenvalue weighted by molar-refractivity contribution is 14.0. The van der Waals surface area contributed by atoms with Gasteiger partial charge in [-0.15, -0.1) is 41.7 Å². The summed E-state index contributed by atoms with van der Waals surface area (Å²) in [6, 6.07) is 7.16. The lowest BCUT2D eigenvalue weighted by Crippen LogP contribution is -2.37. The number of thiazole rings is 1. The third kappa shape index (κ3) is 7.86. The summed E-state index contributed by atoms with van der Waals surface area (Å²) in [5.74, 6) is 3.32. The van der Waals surface area contributed by atoms with Crippen molar-refractivity contribution < 1.29 is 4.79 Å². The molecule has 0 fully saturated rings. The summed E-state index contributed by atoms with van der Waals surface area (Å²) in [5, 5.41) is 12.2. The number of anilines is 1. The van der Waals surface area contributed by atoms with Crippen LogP contribution in [0.3, 0.4) is 0 Å². The zero-order valence-corrected chi connectivity index (χ0v) is 19.4. The standard InChI is InChI=1S/C20H25N5OS.HI/c1-5-15-8-7-9-16(10-15)24-18(26)11-22-20(21-6-2)23-12-19-25-17(13-27-19)14(3)4;/h1,7-10,13-14H,6,11-12H2,2-4H3,(H,24,26)(H2,21,22,23);1H. The number of terminal acetylenes is 1. The van der Waals surface area contributed by atoms with Crippen LogP contribution in [0.2, 0.25) is 0 Å². The molecule has 0 saturated carbocycles. The minimum Gasteiger partial charge on any atom is -0.357 e. The number of aliphatic imine (C=N–C) groups is 1. The SMILES string of the molecule is C#Cc1cccc(NC(=O)CN=C(NCC)NCc2nc(C(C)C)cs2)c1.I. The van der Waals surface area contributed by atoms with Gasteiger partial charge in [0.15, 0.2) is 5.96 Å².